The maximum Gasteiger partial charge on any atom is 0.434 e. The van der Waals surface area contributed by atoms with Gasteiger partial charge in [0, 0.05) is 35.8 Å². The van der Waals surface area contributed by atoms with Gasteiger partial charge in [-0.3, -0.25) is 9.63 Å². The van der Waals surface area contributed by atoms with E-state index < -0.39 is 11.7 Å². The molecule has 1 aromatic carbocycles. The predicted molar refractivity (Wildman–Crippen MR) is 102 cm³/mol. The van der Waals surface area contributed by atoms with Gasteiger partial charge >= 0.3 is 6.09 Å². The lowest BCUT2D eigenvalue weighted by Crippen LogP contribution is -2.39. The van der Waals surface area contributed by atoms with E-state index in [1.165, 1.54) is 16.4 Å². The van der Waals surface area contributed by atoms with E-state index in [-0.39, 0.29) is 19.1 Å². The Morgan fingerprint density at radius 1 is 1.19 bits per heavy atom. The second-order valence-electron chi connectivity index (χ2n) is 7.09. The number of carbonyl (C=O) groups is 2. The molecule has 0 bridgehead atoms. The Morgan fingerprint density at radius 3 is 2.67 bits per heavy atom. The number of thiazole rings is 1. The van der Waals surface area contributed by atoms with Crippen molar-refractivity contribution in [1.29, 1.82) is 0 Å². The van der Waals surface area contributed by atoms with Crippen LogP contribution in [-0.4, -0.2) is 58.8 Å². The molecule has 8 heteroatoms. The van der Waals surface area contributed by atoms with Gasteiger partial charge < -0.3 is 9.64 Å². The molecule has 1 fully saturated rings. The zero-order valence-electron chi connectivity index (χ0n) is 15.7. The highest BCUT2D eigenvalue weighted by Gasteiger charge is 2.28. The summed E-state index contributed by atoms with van der Waals surface area (Å²) in [6, 6.07) is 7.43. The highest BCUT2D eigenvalue weighted by Crippen LogP contribution is 2.26. The van der Waals surface area contributed by atoms with Gasteiger partial charge in [-0.05, 0) is 26.8 Å². The Balaban J connectivity index is 1.72. The summed E-state index contributed by atoms with van der Waals surface area (Å²) in [5.74, 6) is -0.101. The number of hydrogen-bond acceptors (Lipinski definition) is 6. The quantitative estimate of drug-likeness (QED) is 0.787. The van der Waals surface area contributed by atoms with E-state index in [9.17, 15) is 9.59 Å². The molecule has 2 heterocycles. The van der Waals surface area contributed by atoms with E-state index in [1.807, 2.05) is 23.6 Å². The third kappa shape index (κ3) is 4.84. The second kappa shape index (κ2) is 8.06. The first kappa shape index (κ1) is 19.3. The van der Waals surface area contributed by atoms with Crippen LogP contribution in [0.1, 0.15) is 31.1 Å². The Morgan fingerprint density at radius 2 is 1.96 bits per heavy atom. The number of carbonyl (C=O) groups excluding carboxylic acids is 2. The lowest BCUT2D eigenvalue weighted by molar-refractivity contribution is -0.137. The summed E-state index contributed by atoms with van der Waals surface area (Å²) < 4.78 is 5.33. The van der Waals surface area contributed by atoms with Crippen molar-refractivity contribution < 1.29 is 19.2 Å². The van der Waals surface area contributed by atoms with Crippen molar-refractivity contribution in [2.45, 2.75) is 26.4 Å². The lowest BCUT2D eigenvalue weighted by atomic mass is 10.1. The van der Waals surface area contributed by atoms with E-state index in [1.54, 1.807) is 37.9 Å². The largest absolute Gasteiger partial charge is 0.442 e. The highest BCUT2D eigenvalue weighted by atomic mass is 32.1. The first-order valence-corrected chi connectivity index (χ1v) is 9.65. The van der Waals surface area contributed by atoms with Crippen LogP contribution in [-0.2, 0) is 9.57 Å². The van der Waals surface area contributed by atoms with Crippen LogP contribution < -0.4 is 0 Å². The summed E-state index contributed by atoms with van der Waals surface area (Å²) in [6.07, 6.45) is 1.18. The molecule has 0 unspecified atom stereocenters. The van der Waals surface area contributed by atoms with Gasteiger partial charge in [-0.1, -0.05) is 18.2 Å². The summed E-state index contributed by atoms with van der Waals surface area (Å²) in [5, 5.41) is 3.88. The third-order valence-electron chi connectivity index (χ3n) is 3.89. The molecule has 0 aliphatic carbocycles. The Kier molecular flexibility index (Phi) is 5.76. The van der Waals surface area contributed by atoms with Crippen LogP contribution in [0.5, 0.6) is 0 Å². The molecular formula is C19H23N3O4S. The van der Waals surface area contributed by atoms with Gasteiger partial charge in [0.05, 0.1) is 13.2 Å². The van der Waals surface area contributed by atoms with E-state index in [0.29, 0.717) is 18.7 Å². The zero-order chi connectivity index (χ0) is 19.4. The van der Waals surface area contributed by atoms with Crippen LogP contribution in [0.15, 0.2) is 35.8 Å². The van der Waals surface area contributed by atoms with Gasteiger partial charge in [-0.2, -0.15) is 5.06 Å². The maximum atomic E-state index is 13.1. The summed E-state index contributed by atoms with van der Waals surface area (Å²) in [7, 11) is 0. The van der Waals surface area contributed by atoms with Crippen LogP contribution in [0, 0.1) is 0 Å². The normalized spacial score (nSPS) is 15.4. The topological polar surface area (TPSA) is 72.0 Å². The predicted octanol–water partition coefficient (Wildman–Crippen LogP) is 3.43. The molecule has 1 aliphatic heterocycles. The second-order valence-corrected chi connectivity index (χ2v) is 7.99. The highest BCUT2D eigenvalue weighted by molar-refractivity contribution is 7.13. The monoisotopic (exact) mass is 389 g/mol. The molecule has 1 aromatic heterocycles. The number of rotatable bonds is 2. The molecule has 0 saturated carbocycles. The minimum atomic E-state index is -0.602. The van der Waals surface area contributed by atoms with Crippen molar-refractivity contribution in [3.8, 4) is 10.6 Å². The smallest absolute Gasteiger partial charge is 0.434 e. The van der Waals surface area contributed by atoms with E-state index in [0.717, 1.165) is 10.6 Å². The molecule has 2 amide bonds. The molecule has 1 saturated heterocycles. The summed E-state index contributed by atoms with van der Waals surface area (Å²) >= 11 is 1.49. The molecule has 2 aromatic rings. The average Bonchev–Trinajstić information content (AvgIpc) is 3.03. The first-order valence-electron chi connectivity index (χ1n) is 8.77. The maximum absolute atomic E-state index is 13.1. The average molecular weight is 389 g/mol. The Labute approximate surface area is 162 Å². The summed E-state index contributed by atoms with van der Waals surface area (Å²) in [5.41, 5.74) is 0.805. The van der Waals surface area contributed by atoms with Crippen LogP contribution in [0.4, 0.5) is 4.79 Å². The number of hydrogen-bond donors (Lipinski definition) is 0. The van der Waals surface area contributed by atoms with Gasteiger partial charge in [0.2, 0.25) is 0 Å². The molecule has 0 radical (unpaired) electrons. The minimum Gasteiger partial charge on any atom is -0.442 e. The molecule has 3 rings (SSSR count). The molecule has 7 nitrogen and oxygen atoms in total. The molecule has 27 heavy (non-hydrogen) atoms. The van der Waals surface area contributed by atoms with E-state index in [4.69, 9.17) is 9.57 Å². The molecule has 0 N–H and O–H groups in total. The molecule has 144 valence electrons. The van der Waals surface area contributed by atoms with Gasteiger partial charge in [0.1, 0.15) is 10.6 Å². The van der Waals surface area contributed by atoms with Crippen LogP contribution in [0.2, 0.25) is 0 Å². The summed E-state index contributed by atoms with van der Waals surface area (Å²) in [6.45, 7) is 6.63. The van der Waals surface area contributed by atoms with Gasteiger partial charge in [0.25, 0.3) is 5.91 Å². The van der Waals surface area contributed by atoms with Crippen molar-refractivity contribution in [3.05, 3.63) is 41.4 Å². The van der Waals surface area contributed by atoms with Gasteiger partial charge in [0.15, 0.2) is 0 Å². The number of nitrogens with zero attached hydrogens (tertiary/aromatic N) is 3. The fraction of sp³-hybridized carbons (Fsp3) is 0.421. The van der Waals surface area contributed by atoms with Crippen molar-refractivity contribution in [3.63, 3.8) is 0 Å². The lowest BCUT2D eigenvalue weighted by Gasteiger charge is -2.25. The van der Waals surface area contributed by atoms with Crippen LogP contribution in [0.3, 0.4) is 0 Å². The van der Waals surface area contributed by atoms with Crippen molar-refractivity contribution in [2.24, 2.45) is 0 Å². The zero-order valence-corrected chi connectivity index (χ0v) is 16.5. The number of benzene rings is 1. The minimum absolute atomic E-state index is 0.101. The first-order chi connectivity index (χ1) is 12.8. The van der Waals surface area contributed by atoms with E-state index >= 15 is 0 Å². The molecular weight excluding hydrogens is 366 g/mol. The number of amides is 2. The van der Waals surface area contributed by atoms with E-state index in [2.05, 4.69) is 4.98 Å². The number of aromatic nitrogens is 1. The van der Waals surface area contributed by atoms with Crippen molar-refractivity contribution in [2.75, 3.05) is 26.2 Å². The fourth-order valence-electron chi connectivity index (χ4n) is 2.69. The van der Waals surface area contributed by atoms with Crippen molar-refractivity contribution in [1.82, 2.24) is 14.9 Å². The van der Waals surface area contributed by atoms with Crippen LogP contribution >= 0.6 is 11.3 Å². The van der Waals surface area contributed by atoms with Crippen LogP contribution in [0.25, 0.3) is 10.6 Å². The molecule has 0 spiro atoms. The SMILES string of the molecule is CC(C)(C)OC(=O)N1CCN(C(=O)c2ccccc2-c2nccs2)CCO1. The number of hydroxylamine groups is 2. The van der Waals surface area contributed by atoms with Crippen molar-refractivity contribution >= 4 is 23.3 Å². The molecule has 0 atom stereocenters. The van der Waals surface area contributed by atoms with Gasteiger partial charge in [-0.15, -0.1) is 11.3 Å². The third-order valence-corrected chi connectivity index (χ3v) is 4.69. The Hall–Kier alpha value is -2.45. The fourth-order valence-corrected chi connectivity index (χ4v) is 3.37. The summed E-state index contributed by atoms with van der Waals surface area (Å²) in [4.78, 5) is 36.8. The number of ether oxygens (including phenoxy) is 1. The molecule has 1 aliphatic rings. The van der Waals surface area contributed by atoms with Gasteiger partial charge in [-0.25, -0.2) is 9.78 Å². The standard InChI is InChI=1S/C19H23N3O4S/c1-19(2,3)26-18(24)22-10-9-21(11-12-25-22)17(23)15-7-5-4-6-14(15)16-20-8-13-27-16/h4-8,13H,9-12H2,1-3H3. The Bertz CT molecular complexity index is 802.